The molecule has 0 atom stereocenters. The fourth-order valence-electron chi connectivity index (χ4n) is 12.0. The Bertz CT molecular complexity index is 4960. The number of hydrogen-bond donors (Lipinski definition) is 1. The molecular formula is C99H116N9O9W3-3. The number of likely N-dealkylation sites (N-methyl/N-ethyl adjacent to an activating group) is 1. The number of hydrogen-bond acceptors (Lipinski definition) is 16. The van der Waals surface area contributed by atoms with Gasteiger partial charge in [-0.25, -0.2) is 19.2 Å². The molecule has 5 aliphatic heterocycles. The van der Waals surface area contributed by atoms with Crippen LogP contribution in [-0.4, -0.2) is 112 Å². The molecular weight excluding hydrogens is 2010 g/mol. The summed E-state index contributed by atoms with van der Waals surface area (Å²) in [6.45, 7) is 36.0. The van der Waals surface area contributed by atoms with Crippen molar-refractivity contribution in [2.45, 2.75) is 150 Å². The van der Waals surface area contributed by atoms with E-state index < -0.39 is 29.8 Å². The third kappa shape index (κ3) is 28.5. The Morgan fingerprint density at radius 3 is 1.27 bits per heavy atom. The smallest absolute Gasteiger partial charge is 0.344 e. The van der Waals surface area contributed by atoms with Crippen molar-refractivity contribution >= 4 is 121 Å². The molecule has 21 heteroatoms. The van der Waals surface area contributed by atoms with Crippen molar-refractivity contribution in [3.63, 3.8) is 0 Å². The van der Waals surface area contributed by atoms with Crippen molar-refractivity contribution in [1.29, 1.82) is 0 Å². The number of aliphatic imine (C=N–C) groups is 5. The Balaban J connectivity index is 0.000000811. The number of rotatable bonds is 13. The molecule has 1 aromatic heterocycles. The number of carbonyl (C=O) groups excluding carboxylic acids is 5. The number of quaternary nitrogens is 1. The van der Waals surface area contributed by atoms with E-state index in [0.717, 1.165) is 102 Å². The molecule has 7 aliphatic rings. The van der Waals surface area contributed by atoms with Crippen LogP contribution in [0.1, 0.15) is 185 Å². The van der Waals surface area contributed by atoms with Gasteiger partial charge in [0, 0.05) is 157 Å². The zero-order valence-corrected chi connectivity index (χ0v) is 82.8. The Labute approximate surface area is 755 Å². The molecule has 0 saturated carbocycles. The summed E-state index contributed by atoms with van der Waals surface area (Å²) >= 11 is 0. The van der Waals surface area contributed by atoms with Crippen LogP contribution in [0.2, 0.25) is 0 Å². The average molecular weight is 2130 g/mol. The van der Waals surface area contributed by atoms with Gasteiger partial charge in [-0.05, 0) is 148 Å². The summed E-state index contributed by atoms with van der Waals surface area (Å²) in [5.41, 5.74) is 18.9. The van der Waals surface area contributed by atoms with E-state index in [4.69, 9.17) is 9.98 Å². The number of ether oxygens (including phenoxy) is 2. The van der Waals surface area contributed by atoms with Gasteiger partial charge in [0.15, 0.2) is 0 Å². The number of aromatic nitrogens is 1. The van der Waals surface area contributed by atoms with Crippen LogP contribution in [-0.2, 0) is 111 Å². The number of nitrogens with zero attached hydrogens (tertiary/aromatic N) is 8. The molecule has 0 saturated heterocycles. The molecule has 0 bridgehead atoms. The molecule has 2 aliphatic carbocycles. The second kappa shape index (κ2) is 56.0. The topological polar surface area (TPSA) is 222 Å². The molecule has 0 fully saturated rings. The summed E-state index contributed by atoms with van der Waals surface area (Å²) < 4.78 is 10.9. The molecule has 120 heavy (non-hydrogen) atoms. The number of carboxylic acids is 1. The molecule has 1 N–H and O–H groups in total. The number of nitrogens with one attached hydrogen (secondary N) is 1. The Morgan fingerprint density at radius 2 is 0.900 bits per heavy atom. The van der Waals surface area contributed by atoms with E-state index in [-0.39, 0.29) is 85.5 Å². The number of pyridine rings is 1. The van der Waals surface area contributed by atoms with Gasteiger partial charge in [-0.15, -0.1) is 22.1 Å². The van der Waals surface area contributed by atoms with Gasteiger partial charge in [0.05, 0.1) is 48.3 Å². The summed E-state index contributed by atoms with van der Waals surface area (Å²) in [7, 11) is 12.3. The summed E-state index contributed by atoms with van der Waals surface area (Å²) in [4.78, 5) is 99.9. The average Bonchev–Trinajstić information content (AvgIpc) is 1.58. The van der Waals surface area contributed by atoms with Gasteiger partial charge >= 0.3 is 23.9 Å². The van der Waals surface area contributed by atoms with Gasteiger partial charge in [-0.3, -0.25) is 19.8 Å². The molecule has 15 rings (SSSR count). The largest absolute Gasteiger partial charge is 0.545 e. The van der Waals surface area contributed by atoms with Crippen LogP contribution < -0.4 is 25.4 Å². The minimum atomic E-state index is -1.36. The van der Waals surface area contributed by atoms with Gasteiger partial charge in [0.1, 0.15) is 6.04 Å². The number of carbonyl (C=O) groups is 5. The van der Waals surface area contributed by atoms with Crippen LogP contribution in [0, 0.1) is 18.2 Å². The number of allylic oxidation sites excluding steroid dienone is 9. The van der Waals surface area contributed by atoms with E-state index in [2.05, 4.69) is 115 Å². The maximum Gasteiger partial charge on any atom is 0.344 e. The molecule has 0 spiro atoms. The van der Waals surface area contributed by atoms with Crippen molar-refractivity contribution < 1.29 is 107 Å². The van der Waals surface area contributed by atoms with Crippen LogP contribution >= 0.6 is 0 Å². The Kier molecular flexibility index (Phi) is 50.1. The molecule has 7 aromatic carbocycles. The van der Waals surface area contributed by atoms with E-state index in [1.54, 1.807) is 41.0 Å². The zero-order valence-electron chi connectivity index (χ0n) is 74.0. The molecule has 0 radical (unpaired) electrons. The Hall–Kier alpha value is -10.6. The van der Waals surface area contributed by atoms with Crippen molar-refractivity contribution in [3.05, 3.63) is 302 Å². The second-order valence-electron chi connectivity index (χ2n) is 24.5. The van der Waals surface area contributed by atoms with E-state index in [1.807, 2.05) is 269 Å². The standard InChI is InChI=1S/2C27H20N3O3.C27H22N3O3.9C2H6.3W/c2*1-30(2)21-12-6-17(7-13-21)16-28-20-10-8-18(9-11-20)24-14-19-4-3-5-22(26(19)29-24)23-15-25(31)33-27(23)32;1-29(2)21-12-6-17(7-13-21)16-28-20-10-8-18(9-11-20)24-14-19-4-3-5-22-23(27(32)33)15-25(31)30(24)26(19)22;9*1-2;;;/h2*3,5-13,15-16H,14H2,1-2H3;3,5-13,15-16,21H,14H2,1-2H3,(H,32,33);9*1-2H3;;;/q3*-1;;;;;;;;;;;;. The van der Waals surface area contributed by atoms with Crippen LogP contribution in [0.15, 0.2) is 247 Å². The number of esters is 4. The minimum Gasteiger partial charge on any atom is -0.545 e. The fourth-order valence-corrected chi connectivity index (χ4v) is 12.0. The summed E-state index contributed by atoms with van der Waals surface area (Å²) in [6, 6.07) is 53.5. The monoisotopic (exact) mass is 2130 g/mol. The van der Waals surface area contributed by atoms with Gasteiger partial charge < -0.3 is 48.6 Å². The fraction of sp³-hybridized carbons (Fsp3) is 0.283. The van der Waals surface area contributed by atoms with E-state index in [1.165, 1.54) is 17.1 Å². The van der Waals surface area contributed by atoms with Crippen LogP contribution in [0.25, 0.3) is 27.7 Å². The van der Waals surface area contributed by atoms with E-state index >= 15 is 0 Å². The second-order valence-corrected chi connectivity index (χ2v) is 24.5. The predicted octanol–water partition coefficient (Wildman–Crippen LogP) is 19.1. The summed E-state index contributed by atoms with van der Waals surface area (Å²) in [6.07, 6.45) is 25.8. The van der Waals surface area contributed by atoms with E-state index in [0.29, 0.717) is 58.7 Å². The quantitative estimate of drug-likeness (QED) is 0.0495. The summed E-state index contributed by atoms with van der Waals surface area (Å²) in [5, 5.41) is 12.0. The first-order valence-electron chi connectivity index (χ1n) is 40.7. The number of carboxylic acid groups (broad SMARTS) is 1. The number of benzene rings is 7. The maximum absolute atomic E-state index is 12.8. The number of aromatic carboxylic acids is 1. The molecule has 6 heterocycles. The number of fused-ring (bicyclic) bond motifs is 2. The molecule has 632 valence electrons. The number of cyclic esters (lactones) is 4. The van der Waals surface area contributed by atoms with Gasteiger partial charge in [-0.1, -0.05) is 209 Å². The Morgan fingerprint density at radius 1 is 0.508 bits per heavy atom. The van der Waals surface area contributed by atoms with Gasteiger partial charge in [0.2, 0.25) is 5.56 Å². The SMILES string of the molecule is CC.CC.CC.CC.CC.CC.CC.CC.CC.CN(C)c1ccc(C=Nc2ccc(C3=Nc4c([c-]ccc4C4=CC(=O)OC4=O)C3)cc2)cc1.CN(C)c1ccc(C=Nc2ccc(C3=Nc4c([c-]ccc4C4=CC(=O)OC4=O)C3)cc2)cc1.C[NH+](C)C1C=CC(=CN=C2C=CC(=C3Cc4[c-]ccc5c(C(=O)[O-])cc(=O)n3c45)C=C2)C=C1.[W].[W].[W]. The third-order valence-electron chi connectivity index (χ3n) is 17.3. The molecule has 8 aromatic rings. The van der Waals surface area contributed by atoms with Crippen molar-refractivity contribution in [2.75, 3.05) is 52.1 Å². The van der Waals surface area contributed by atoms with Crippen molar-refractivity contribution in [1.82, 2.24) is 4.57 Å². The summed E-state index contributed by atoms with van der Waals surface area (Å²) in [5.74, 6) is -3.94. The van der Waals surface area contributed by atoms with Crippen molar-refractivity contribution in [3.8, 4) is 0 Å². The van der Waals surface area contributed by atoms with Crippen LogP contribution in [0.5, 0.6) is 0 Å². The third-order valence-corrected chi connectivity index (χ3v) is 17.3. The van der Waals surface area contributed by atoms with Crippen LogP contribution in [0.4, 0.5) is 34.1 Å². The minimum absolute atomic E-state index is 0. The van der Waals surface area contributed by atoms with E-state index in [9.17, 15) is 33.9 Å². The van der Waals surface area contributed by atoms with Gasteiger partial charge in [-0.2, -0.15) is 54.6 Å². The molecule has 0 amide bonds. The first-order chi connectivity index (χ1) is 56.9. The predicted molar refractivity (Wildman–Crippen MR) is 487 cm³/mol. The van der Waals surface area contributed by atoms with Gasteiger partial charge in [0.25, 0.3) is 0 Å². The molecule has 18 nitrogen and oxygen atoms in total. The van der Waals surface area contributed by atoms with Crippen LogP contribution in [0.3, 0.4) is 0 Å². The zero-order chi connectivity index (χ0) is 87.0. The molecule has 0 unspecified atom stereocenters. The van der Waals surface area contributed by atoms with Crippen molar-refractivity contribution in [2.24, 2.45) is 25.0 Å². The normalized spacial score (nSPS) is 13.8. The number of anilines is 2. The first-order valence-corrected chi connectivity index (χ1v) is 40.7. The first kappa shape index (κ1) is 107. The maximum atomic E-state index is 12.8.